The van der Waals surface area contributed by atoms with Crippen LogP contribution in [0, 0.1) is 0 Å². The molecular weight excluding hydrogens is 793 g/mol. The van der Waals surface area contributed by atoms with Crippen LogP contribution in [0.25, 0.3) is 0 Å². The molecule has 362 valence electrons. The van der Waals surface area contributed by atoms with Crippen molar-refractivity contribution in [2.24, 2.45) is 0 Å². The molecule has 0 spiro atoms. The van der Waals surface area contributed by atoms with Crippen molar-refractivity contribution in [2.45, 2.75) is 226 Å². The van der Waals surface area contributed by atoms with Crippen LogP contribution in [0.3, 0.4) is 0 Å². The van der Waals surface area contributed by atoms with Crippen LogP contribution in [-0.4, -0.2) is 37.2 Å². The summed E-state index contributed by atoms with van der Waals surface area (Å²) in [4.78, 5) is 37.9. The molecule has 6 nitrogen and oxygen atoms in total. The lowest BCUT2D eigenvalue weighted by Crippen LogP contribution is -2.30. The summed E-state index contributed by atoms with van der Waals surface area (Å²) in [5.74, 6) is -0.975. The third-order valence-corrected chi connectivity index (χ3v) is 10.6. The SMILES string of the molecule is CC/C=C\C/C=C\C/C=C\CCCCCCCCCCCC(=O)OCC(COC(=O)CCCC/C=C\C/C=C\CC)OC(=O)CCCCCCC\C=C/C=C\C=C/C=C\CCCCC. The number of allylic oxidation sites excluding steroid dienone is 18. The number of carbonyl (C=O) groups excluding carboxylic acids is 3. The number of hydrogen-bond acceptors (Lipinski definition) is 6. The average Bonchev–Trinajstić information content (AvgIpc) is 3.29. The van der Waals surface area contributed by atoms with Crippen molar-refractivity contribution in [3.63, 3.8) is 0 Å². The third-order valence-electron chi connectivity index (χ3n) is 10.6. The summed E-state index contributed by atoms with van der Waals surface area (Å²) in [5, 5.41) is 0. The Morgan fingerprint density at radius 1 is 0.344 bits per heavy atom. The lowest BCUT2D eigenvalue weighted by Gasteiger charge is -2.18. The van der Waals surface area contributed by atoms with E-state index in [9.17, 15) is 14.4 Å². The first-order chi connectivity index (χ1) is 31.5. The van der Waals surface area contributed by atoms with E-state index in [1.54, 1.807) is 0 Å². The third kappa shape index (κ3) is 49.1. The molecule has 0 bridgehead atoms. The van der Waals surface area contributed by atoms with Crippen molar-refractivity contribution in [3.8, 4) is 0 Å². The molecule has 0 aliphatic heterocycles. The fourth-order valence-corrected chi connectivity index (χ4v) is 6.74. The first-order valence-electron chi connectivity index (χ1n) is 25.9. The molecule has 0 radical (unpaired) electrons. The second-order valence-electron chi connectivity index (χ2n) is 16.8. The zero-order valence-electron chi connectivity index (χ0n) is 41.3. The van der Waals surface area contributed by atoms with E-state index >= 15 is 0 Å². The lowest BCUT2D eigenvalue weighted by molar-refractivity contribution is -0.167. The summed E-state index contributed by atoms with van der Waals surface area (Å²) in [6.07, 6.45) is 69.4. The number of hydrogen-bond donors (Lipinski definition) is 0. The predicted molar refractivity (Wildman–Crippen MR) is 274 cm³/mol. The van der Waals surface area contributed by atoms with Gasteiger partial charge in [-0.2, -0.15) is 0 Å². The van der Waals surface area contributed by atoms with Crippen LogP contribution < -0.4 is 0 Å². The van der Waals surface area contributed by atoms with Crippen LogP contribution in [0.15, 0.2) is 109 Å². The van der Waals surface area contributed by atoms with Crippen molar-refractivity contribution in [1.82, 2.24) is 0 Å². The van der Waals surface area contributed by atoms with Crippen LogP contribution in [0.5, 0.6) is 0 Å². The highest BCUT2D eigenvalue weighted by Crippen LogP contribution is 2.14. The Balaban J connectivity index is 4.40. The Bertz CT molecular complexity index is 1340. The molecule has 0 aromatic carbocycles. The smallest absolute Gasteiger partial charge is 0.306 e. The Morgan fingerprint density at radius 3 is 1.12 bits per heavy atom. The van der Waals surface area contributed by atoms with Crippen LogP contribution >= 0.6 is 0 Å². The maximum atomic E-state index is 12.8. The first-order valence-corrected chi connectivity index (χ1v) is 25.9. The highest BCUT2D eigenvalue weighted by Gasteiger charge is 2.19. The summed E-state index contributed by atoms with van der Waals surface area (Å²) < 4.78 is 16.7. The van der Waals surface area contributed by atoms with E-state index < -0.39 is 6.10 Å². The van der Waals surface area contributed by atoms with Gasteiger partial charge in [0.25, 0.3) is 0 Å². The van der Waals surface area contributed by atoms with Crippen molar-refractivity contribution in [2.75, 3.05) is 13.2 Å². The topological polar surface area (TPSA) is 78.9 Å². The summed E-state index contributed by atoms with van der Waals surface area (Å²) in [7, 11) is 0. The Labute approximate surface area is 393 Å². The number of carbonyl (C=O) groups is 3. The van der Waals surface area contributed by atoms with Gasteiger partial charge in [-0.1, -0.05) is 207 Å². The zero-order chi connectivity index (χ0) is 46.5. The second kappa shape index (κ2) is 51.7. The van der Waals surface area contributed by atoms with Gasteiger partial charge in [-0.25, -0.2) is 0 Å². The first kappa shape index (κ1) is 60.1. The average molecular weight is 887 g/mol. The minimum Gasteiger partial charge on any atom is -0.462 e. The van der Waals surface area contributed by atoms with Crippen molar-refractivity contribution in [1.29, 1.82) is 0 Å². The highest BCUT2D eigenvalue weighted by atomic mass is 16.6. The van der Waals surface area contributed by atoms with Gasteiger partial charge in [-0.3, -0.25) is 14.4 Å². The molecular formula is C58H94O6. The largest absolute Gasteiger partial charge is 0.462 e. The molecule has 6 heteroatoms. The quantitative estimate of drug-likeness (QED) is 0.0199. The van der Waals surface area contributed by atoms with Crippen molar-refractivity contribution in [3.05, 3.63) is 109 Å². The molecule has 0 saturated heterocycles. The maximum Gasteiger partial charge on any atom is 0.306 e. The fraction of sp³-hybridized carbons (Fsp3) is 0.638. The monoisotopic (exact) mass is 887 g/mol. The molecule has 1 atom stereocenters. The molecule has 0 N–H and O–H groups in total. The van der Waals surface area contributed by atoms with Crippen molar-refractivity contribution < 1.29 is 28.6 Å². The van der Waals surface area contributed by atoms with E-state index in [1.165, 1.54) is 64.2 Å². The lowest BCUT2D eigenvalue weighted by atomic mass is 10.1. The zero-order valence-corrected chi connectivity index (χ0v) is 41.3. The highest BCUT2D eigenvalue weighted by molar-refractivity contribution is 5.71. The normalized spacial score (nSPS) is 13.0. The Hall–Kier alpha value is -3.93. The van der Waals surface area contributed by atoms with Gasteiger partial charge in [0.1, 0.15) is 13.2 Å². The molecule has 0 amide bonds. The molecule has 0 aromatic rings. The predicted octanol–water partition coefficient (Wildman–Crippen LogP) is 17.1. The number of rotatable bonds is 45. The van der Waals surface area contributed by atoms with E-state index in [2.05, 4.69) is 130 Å². The van der Waals surface area contributed by atoms with Crippen molar-refractivity contribution >= 4 is 17.9 Å². The molecule has 0 heterocycles. The van der Waals surface area contributed by atoms with Gasteiger partial charge in [-0.05, 0) is 103 Å². The van der Waals surface area contributed by atoms with E-state index in [1.807, 2.05) is 0 Å². The number of esters is 3. The van der Waals surface area contributed by atoms with Gasteiger partial charge >= 0.3 is 17.9 Å². The molecule has 64 heavy (non-hydrogen) atoms. The second-order valence-corrected chi connectivity index (χ2v) is 16.8. The van der Waals surface area contributed by atoms with Crippen LogP contribution in [-0.2, 0) is 28.6 Å². The molecule has 0 fully saturated rings. The van der Waals surface area contributed by atoms with Crippen LogP contribution in [0.4, 0.5) is 0 Å². The minimum absolute atomic E-state index is 0.103. The molecule has 0 rings (SSSR count). The summed E-state index contributed by atoms with van der Waals surface area (Å²) in [6.45, 7) is 6.30. The molecule has 0 aliphatic rings. The molecule has 0 aromatic heterocycles. The van der Waals surface area contributed by atoms with Gasteiger partial charge in [0, 0.05) is 19.3 Å². The van der Waals surface area contributed by atoms with Gasteiger partial charge in [0.15, 0.2) is 6.10 Å². The summed E-state index contributed by atoms with van der Waals surface area (Å²) >= 11 is 0. The molecule has 0 saturated carbocycles. The molecule has 0 aliphatic carbocycles. The van der Waals surface area contributed by atoms with E-state index in [0.717, 1.165) is 116 Å². The maximum absolute atomic E-state index is 12.8. The summed E-state index contributed by atoms with van der Waals surface area (Å²) in [5.41, 5.74) is 0. The molecule has 1 unspecified atom stereocenters. The summed E-state index contributed by atoms with van der Waals surface area (Å²) in [6, 6.07) is 0. The standard InChI is InChI=1S/C58H94O6/c1-4-7-10-13-16-19-21-23-25-27-29-31-32-34-36-39-42-45-48-51-57(60)63-54-55(53-62-56(59)50-47-44-41-38-18-15-12-9-6-3)64-58(61)52-49-46-43-40-37-35-33-30-28-26-24-22-20-17-14-11-8-5-2/h7,9-10,12,16-20,22-26,28,30,33,38,55H,4-6,8,11,13-15,21,27,29,31-32,34-37,39-54H2,1-3H3/b10-7-,12-9-,19-16-,20-17-,24-22-,25-23-,28-26-,33-30-,38-18-. The van der Waals surface area contributed by atoms with Crippen LogP contribution in [0.1, 0.15) is 220 Å². The van der Waals surface area contributed by atoms with E-state index in [4.69, 9.17) is 14.2 Å². The minimum atomic E-state index is -0.806. The Morgan fingerprint density at radius 2 is 0.672 bits per heavy atom. The number of ether oxygens (including phenoxy) is 3. The van der Waals surface area contributed by atoms with Gasteiger partial charge in [-0.15, -0.1) is 0 Å². The fourth-order valence-electron chi connectivity index (χ4n) is 6.74. The van der Waals surface area contributed by atoms with Gasteiger partial charge < -0.3 is 14.2 Å². The van der Waals surface area contributed by atoms with Gasteiger partial charge in [0.05, 0.1) is 0 Å². The van der Waals surface area contributed by atoms with E-state index in [-0.39, 0.29) is 31.1 Å². The number of unbranched alkanes of at least 4 members (excludes halogenated alkanes) is 19. The Kier molecular flexibility index (Phi) is 48.5. The van der Waals surface area contributed by atoms with Gasteiger partial charge in [0.2, 0.25) is 0 Å². The van der Waals surface area contributed by atoms with Crippen LogP contribution in [0.2, 0.25) is 0 Å². The van der Waals surface area contributed by atoms with E-state index in [0.29, 0.717) is 19.3 Å².